The molecule has 0 aliphatic carbocycles. The Kier molecular flexibility index (Phi) is 1.58. The fourth-order valence-corrected chi connectivity index (χ4v) is 0.632. The van der Waals surface area contributed by atoms with E-state index in [4.69, 9.17) is 0 Å². The van der Waals surface area contributed by atoms with Gasteiger partial charge in [-0.05, 0) is 0 Å². The Balaban J connectivity index is 3.07. The van der Waals surface area contributed by atoms with Crippen LogP contribution in [-0.2, 0) is 7.05 Å². The highest BCUT2D eigenvalue weighted by molar-refractivity contribution is 5.41. The van der Waals surface area contributed by atoms with E-state index in [1.807, 2.05) is 17.8 Å². The van der Waals surface area contributed by atoms with Gasteiger partial charge >= 0.3 is 0 Å². The van der Waals surface area contributed by atoms with Crippen molar-refractivity contribution in [2.24, 2.45) is 7.05 Å². The molecular weight excluding hydrogens is 112 g/mol. The van der Waals surface area contributed by atoms with Crippen molar-refractivity contribution >= 4 is 6.08 Å². The second-order valence-electron chi connectivity index (χ2n) is 1.89. The summed E-state index contributed by atoms with van der Waals surface area (Å²) in [6.45, 7) is 3.62. The summed E-state index contributed by atoms with van der Waals surface area (Å²) in [5.74, 6) is 0. The quantitative estimate of drug-likeness (QED) is 0.496. The lowest BCUT2D eigenvalue weighted by atomic mass is 10.3. The lowest BCUT2D eigenvalue weighted by Crippen LogP contribution is -2.27. The summed E-state index contributed by atoms with van der Waals surface area (Å²) >= 11 is 0. The van der Waals surface area contributed by atoms with E-state index >= 15 is 0 Å². The van der Waals surface area contributed by atoms with E-state index in [2.05, 4.69) is 11.6 Å². The first-order valence-electron chi connectivity index (χ1n) is 2.75. The second-order valence-corrected chi connectivity index (χ2v) is 1.89. The van der Waals surface area contributed by atoms with Gasteiger partial charge in [-0.3, -0.25) is 0 Å². The first kappa shape index (κ1) is 5.95. The molecule has 0 aliphatic rings. The van der Waals surface area contributed by atoms with Crippen LogP contribution >= 0.6 is 0 Å². The van der Waals surface area contributed by atoms with E-state index in [-0.39, 0.29) is 0 Å². The second kappa shape index (κ2) is 2.40. The van der Waals surface area contributed by atoms with Gasteiger partial charge in [0.2, 0.25) is 0 Å². The highest BCUT2D eigenvalue weighted by Crippen LogP contribution is 1.90. The molecule has 0 atom stereocenters. The van der Waals surface area contributed by atoms with Gasteiger partial charge in [-0.1, -0.05) is 17.6 Å². The van der Waals surface area contributed by atoms with Crippen LogP contribution in [0.4, 0.5) is 0 Å². The topological polar surface area (TPSA) is 16.8 Å². The first-order valence-corrected chi connectivity index (χ1v) is 2.75. The van der Waals surface area contributed by atoms with Gasteiger partial charge in [0.25, 0.3) is 6.33 Å². The average molecular weight is 121 g/mol. The van der Waals surface area contributed by atoms with Crippen molar-refractivity contribution in [2.75, 3.05) is 0 Å². The monoisotopic (exact) mass is 121 g/mol. The van der Waals surface area contributed by atoms with Crippen LogP contribution in [0.3, 0.4) is 0 Å². The summed E-state index contributed by atoms with van der Waals surface area (Å²) in [6.07, 6.45) is 7.24. The number of aryl methyl sites for hydroxylation is 1. The summed E-state index contributed by atoms with van der Waals surface area (Å²) in [4.78, 5) is 3.95. The van der Waals surface area contributed by atoms with Gasteiger partial charge in [-0.2, -0.15) is 0 Å². The molecule has 0 spiro atoms. The molecule has 0 fully saturated rings. The fourth-order valence-electron chi connectivity index (χ4n) is 0.632. The fraction of sp³-hybridized carbons (Fsp3) is 0.143. The zero-order chi connectivity index (χ0) is 6.69. The van der Waals surface area contributed by atoms with Crippen molar-refractivity contribution in [3.8, 4) is 0 Å². The minimum absolute atomic E-state index is 1.04. The van der Waals surface area contributed by atoms with Gasteiger partial charge in [0.15, 0.2) is 0 Å². The van der Waals surface area contributed by atoms with Gasteiger partial charge < -0.3 is 0 Å². The maximum absolute atomic E-state index is 3.95. The standard InChI is InChI=1S/C7H9N2/c1-3-7-4-8-6-9(2)5-7/h3-6H,1H2,2H3/q+1. The Labute approximate surface area is 54.5 Å². The van der Waals surface area contributed by atoms with Crippen LogP contribution in [-0.4, -0.2) is 4.98 Å². The first-order chi connectivity index (χ1) is 4.33. The van der Waals surface area contributed by atoms with Crippen LogP contribution in [0, 0.1) is 0 Å². The van der Waals surface area contributed by atoms with Gasteiger partial charge in [0, 0.05) is 0 Å². The van der Waals surface area contributed by atoms with Gasteiger partial charge in [-0.25, -0.2) is 4.57 Å². The summed E-state index contributed by atoms with van der Waals surface area (Å²) in [6, 6.07) is 0. The zero-order valence-electron chi connectivity index (χ0n) is 5.41. The van der Waals surface area contributed by atoms with Crippen LogP contribution in [0.1, 0.15) is 5.56 Å². The van der Waals surface area contributed by atoms with Gasteiger partial charge in [-0.15, -0.1) is 0 Å². The lowest BCUT2D eigenvalue weighted by molar-refractivity contribution is -0.674. The molecular formula is C7H9N2+. The molecule has 0 aromatic carbocycles. The molecule has 1 aromatic heterocycles. The maximum Gasteiger partial charge on any atom is 0.285 e. The molecule has 9 heavy (non-hydrogen) atoms. The molecule has 0 aliphatic heterocycles. The van der Waals surface area contributed by atoms with E-state index in [0.29, 0.717) is 0 Å². The number of aromatic nitrogens is 2. The van der Waals surface area contributed by atoms with Crippen molar-refractivity contribution in [1.82, 2.24) is 4.98 Å². The van der Waals surface area contributed by atoms with Crippen molar-refractivity contribution in [1.29, 1.82) is 0 Å². The normalized spacial score (nSPS) is 9.00. The molecule has 0 bridgehead atoms. The highest BCUT2D eigenvalue weighted by atomic mass is 15.0. The third-order valence-electron chi connectivity index (χ3n) is 1.06. The van der Waals surface area contributed by atoms with Crippen LogP contribution < -0.4 is 4.57 Å². The van der Waals surface area contributed by atoms with Crippen LogP contribution in [0.5, 0.6) is 0 Å². The smallest absolute Gasteiger partial charge is 0.239 e. The molecule has 0 unspecified atom stereocenters. The van der Waals surface area contributed by atoms with E-state index in [9.17, 15) is 0 Å². The summed E-state index contributed by atoms with van der Waals surface area (Å²) in [5, 5.41) is 0. The van der Waals surface area contributed by atoms with E-state index in [1.165, 1.54) is 0 Å². The minimum Gasteiger partial charge on any atom is -0.239 e. The number of hydrogen-bond donors (Lipinski definition) is 0. The Bertz CT molecular complexity index is 218. The summed E-state index contributed by atoms with van der Waals surface area (Å²) in [7, 11) is 1.93. The number of hydrogen-bond acceptors (Lipinski definition) is 1. The molecule has 0 amide bonds. The maximum atomic E-state index is 3.95. The largest absolute Gasteiger partial charge is 0.285 e. The molecule has 1 aromatic rings. The molecule has 0 radical (unpaired) electrons. The van der Waals surface area contributed by atoms with Gasteiger partial charge in [0.1, 0.15) is 12.4 Å². The minimum atomic E-state index is 1.04. The molecule has 0 saturated carbocycles. The van der Waals surface area contributed by atoms with E-state index < -0.39 is 0 Å². The van der Waals surface area contributed by atoms with Crippen molar-refractivity contribution in [3.63, 3.8) is 0 Å². The third-order valence-corrected chi connectivity index (χ3v) is 1.06. The van der Waals surface area contributed by atoms with E-state index in [0.717, 1.165) is 5.56 Å². The average Bonchev–Trinajstić information content (AvgIpc) is 1.88. The Morgan fingerprint density at radius 3 is 3.00 bits per heavy atom. The predicted octanol–water partition coefficient (Wildman–Crippen LogP) is 0.549. The van der Waals surface area contributed by atoms with Crippen LogP contribution in [0.2, 0.25) is 0 Å². The highest BCUT2D eigenvalue weighted by Gasteiger charge is 1.91. The van der Waals surface area contributed by atoms with Crippen molar-refractivity contribution < 1.29 is 4.57 Å². The summed E-state index contributed by atoms with van der Waals surface area (Å²) in [5.41, 5.74) is 1.04. The molecule has 0 saturated heterocycles. The molecule has 1 rings (SSSR count). The molecule has 2 nitrogen and oxygen atoms in total. The zero-order valence-corrected chi connectivity index (χ0v) is 5.41. The summed E-state index contributed by atoms with van der Waals surface area (Å²) < 4.78 is 1.89. The van der Waals surface area contributed by atoms with Crippen molar-refractivity contribution in [3.05, 3.63) is 30.9 Å². The molecule has 1 heterocycles. The van der Waals surface area contributed by atoms with Crippen LogP contribution in [0.25, 0.3) is 6.08 Å². The van der Waals surface area contributed by atoms with Crippen LogP contribution in [0.15, 0.2) is 25.3 Å². The Morgan fingerprint density at radius 1 is 1.78 bits per heavy atom. The van der Waals surface area contributed by atoms with Gasteiger partial charge in [0.05, 0.1) is 12.6 Å². The molecule has 0 N–H and O–H groups in total. The predicted molar refractivity (Wildman–Crippen MR) is 35.5 cm³/mol. The van der Waals surface area contributed by atoms with Crippen molar-refractivity contribution in [2.45, 2.75) is 0 Å². The number of nitrogens with zero attached hydrogens (tertiary/aromatic N) is 2. The van der Waals surface area contributed by atoms with E-state index in [1.54, 1.807) is 18.6 Å². The SMILES string of the molecule is C=Cc1cnc[n+](C)c1. The Morgan fingerprint density at radius 2 is 2.56 bits per heavy atom. The lowest BCUT2D eigenvalue weighted by Gasteiger charge is -1.86. The molecule has 46 valence electrons. The number of rotatable bonds is 1. The molecule has 2 heteroatoms. The Hall–Kier alpha value is -1.18. The third kappa shape index (κ3) is 1.35.